The summed E-state index contributed by atoms with van der Waals surface area (Å²) >= 11 is 5.06. The van der Waals surface area contributed by atoms with Gasteiger partial charge in [-0.15, -0.1) is 8.67 Å². The third kappa shape index (κ3) is 7.22. The predicted molar refractivity (Wildman–Crippen MR) is 121 cm³/mol. The zero-order valence-corrected chi connectivity index (χ0v) is 20.4. The molecule has 0 aliphatic heterocycles. The first-order chi connectivity index (χ1) is 14.3. The van der Waals surface area contributed by atoms with Crippen molar-refractivity contribution in [2.45, 2.75) is 22.3 Å². The molecule has 1 atom stereocenters. The maximum absolute atomic E-state index is 11.0. The number of hydrogen-bond acceptors (Lipinski definition) is 12. The van der Waals surface area contributed by atoms with E-state index in [2.05, 4.69) is 18.7 Å². The Hall–Kier alpha value is -0.610. The smallest absolute Gasteiger partial charge is 0.320 e. The lowest BCUT2D eigenvalue weighted by atomic mass is 10.1. The van der Waals surface area contributed by atoms with Crippen LogP contribution < -0.4 is 10.5 Å². The minimum Gasteiger partial charge on any atom is -0.505 e. The fourth-order valence-corrected chi connectivity index (χ4v) is 5.23. The number of phenolic OH excluding ortho intramolecular Hbond substituents is 1. The summed E-state index contributed by atoms with van der Waals surface area (Å²) in [4.78, 5) is 11.2. The predicted octanol–water partition coefficient (Wildman–Crippen LogP) is 4.20. The Bertz CT molecular complexity index is 852. The lowest BCUT2D eigenvalue weighted by Gasteiger charge is -2.15. The zero-order chi connectivity index (χ0) is 22.3. The van der Waals surface area contributed by atoms with Crippen LogP contribution in [0.5, 0.6) is 17.2 Å². The Morgan fingerprint density at radius 2 is 1.53 bits per heavy atom. The fraction of sp³-hybridized carbons (Fsp3) is 0.133. The Kier molecular flexibility index (Phi) is 10.6. The molecule has 1 unspecified atom stereocenters. The summed E-state index contributed by atoms with van der Waals surface area (Å²) in [5.74, 6) is -0.691. The number of aliphatic carboxylic acids is 1. The van der Waals surface area contributed by atoms with Crippen LogP contribution in [-0.2, 0) is 30.0 Å². The molecule has 15 heteroatoms. The van der Waals surface area contributed by atoms with Gasteiger partial charge in [-0.05, 0) is 69.3 Å². The molecular weight excluding hydrogens is 672 g/mol. The van der Waals surface area contributed by atoms with E-state index in [1.165, 1.54) is 12.1 Å². The maximum atomic E-state index is 11.0. The molecule has 0 spiro atoms. The molecule has 30 heavy (non-hydrogen) atoms. The van der Waals surface area contributed by atoms with Crippen molar-refractivity contribution in [2.75, 3.05) is 0 Å². The Morgan fingerprint density at radius 3 is 1.97 bits per heavy atom. The largest absolute Gasteiger partial charge is 0.505 e. The summed E-state index contributed by atoms with van der Waals surface area (Å²) in [5.41, 5.74) is 6.32. The van der Waals surface area contributed by atoms with Crippen molar-refractivity contribution in [3.63, 3.8) is 0 Å². The Morgan fingerprint density at radius 1 is 1.03 bits per heavy atom. The number of phenols is 1. The highest BCUT2D eigenvalue weighted by atomic mass is 127. The molecule has 6 N–H and O–H groups in total. The van der Waals surface area contributed by atoms with Crippen LogP contribution in [0.2, 0.25) is 0 Å². The highest BCUT2D eigenvalue weighted by molar-refractivity contribution is 14.1. The van der Waals surface area contributed by atoms with Crippen LogP contribution in [-0.4, -0.2) is 32.7 Å². The number of nitrogens with two attached hydrogens (primary N) is 1. The highest BCUT2D eigenvalue weighted by Crippen LogP contribution is 2.43. The lowest BCUT2D eigenvalue weighted by Crippen LogP contribution is -2.32. The van der Waals surface area contributed by atoms with E-state index in [4.69, 9.17) is 26.1 Å². The average Bonchev–Trinajstić information content (AvgIpc) is 2.69. The molecule has 0 radical (unpaired) electrons. The molecule has 164 valence electrons. The van der Waals surface area contributed by atoms with Gasteiger partial charge in [0.05, 0.1) is 41.0 Å². The monoisotopic (exact) mass is 685 g/mol. The molecule has 0 fully saturated rings. The second-order valence-corrected chi connectivity index (χ2v) is 9.17. The number of rotatable bonds is 11. The minimum absolute atomic E-state index is 0.0969. The van der Waals surface area contributed by atoms with Crippen molar-refractivity contribution < 1.29 is 49.0 Å². The minimum atomic E-state index is -1.09. The molecule has 0 amide bonds. The van der Waals surface area contributed by atoms with E-state index in [1.807, 2.05) is 45.2 Å². The molecule has 11 nitrogen and oxygen atoms in total. The average molecular weight is 685 g/mol. The standard InChI is InChI=1S/C15H13I2NO10S2/c16-8-1-6(3-10(18)15(20)21)2-9(17)14(8)24-7-4-11(29-27-25-22)13(19)12(5-7)30-28-26-23/h1-2,4-5,10,19,22-23H,3,18H2,(H,20,21). The van der Waals surface area contributed by atoms with E-state index in [-0.39, 0.29) is 27.7 Å². The summed E-state index contributed by atoms with van der Waals surface area (Å²) in [7, 11) is 0. The van der Waals surface area contributed by atoms with Crippen molar-refractivity contribution in [1.29, 1.82) is 0 Å². The number of benzene rings is 2. The molecule has 2 aromatic carbocycles. The number of halogens is 2. The number of carboxylic acid groups (broad SMARTS) is 1. The van der Waals surface area contributed by atoms with E-state index < -0.39 is 12.0 Å². The van der Waals surface area contributed by atoms with Crippen LogP contribution in [0, 0.1) is 7.14 Å². The zero-order valence-electron chi connectivity index (χ0n) is 14.5. The number of ether oxygens (including phenoxy) is 1. The topological polar surface area (TPSA) is 170 Å². The van der Waals surface area contributed by atoms with Crippen LogP contribution >= 0.6 is 69.3 Å². The molecule has 0 aromatic heterocycles. The van der Waals surface area contributed by atoms with Crippen LogP contribution in [0.25, 0.3) is 0 Å². The van der Waals surface area contributed by atoms with Crippen molar-refractivity contribution >= 4 is 75.2 Å². The van der Waals surface area contributed by atoms with Crippen LogP contribution in [0.3, 0.4) is 0 Å². The van der Waals surface area contributed by atoms with Crippen LogP contribution in [0.4, 0.5) is 0 Å². The number of hydrogen-bond donors (Lipinski definition) is 5. The molecule has 0 aliphatic carbocycles. The van der Waals surface area contributed by atoms with E-state index in [0.29, 0.717) is 37.0 Å². The van der Waals surface area contributed by atoms with E-state index >= 15 is 0 Å². The summed E-state index contributed by atoms with van der Waals surface area (Å²) in [6.45, 7) is 0. The van der Waals surface area contributed by atoms with Gasteiger partial charge >= 0.3 is 5.97 Å². The van der Waals surface area contributed by atoms with Gasteiger partial charge in [0.25, 0.3) is 0 Å². The van der Waals surface area contributed by atoms with E-state index in [9.17, 15) is 9.90 Å². The van der Waals surface area contributed by atoms with Gasteiger partial charge in [-0.25, -0.2) is 10.5 Å². The SMILES string of the molecule is NC(Cc1cc(I)c(Oc2cc(SOOO)c(O)c(SOOO)c2)c(I)c1)C(=O)O. The first-order valence-electron chi connectivity index (χ1n) is 7.57. The quantitative estimate of drug-likeness (QED) is 0.0988. The second-order valence-electron chi connectivity index (χ2n) is 5.36. The van der Waals surface area contributed by atoms with E-state index in [0.717, 1.165) is 5.56 Å². The maximum Gasteiger partial charge on any atom is 0.320 e. The summed E-state index contributed by atoms with van der Waals surface area (Å²) in [6, 6.07) is 5.28. The molecule has 2 aromatic rings. The van der Waals surface area contributed by atoms with Gasteiger partial charge in [0.1, 0.15) is 17.5 Å². The number of carboxylic acids is 1. The number of aromatic hydroxyl groups is 1. The molecule has 0 saturated heterocycles. The van der Waals surface area contributed by atoms with Gasteiger partial charge in [0, 0.05) is 12.1 Å². The summed E-state index contributed by atoms with van der Waals surface area (Å²) in [6.07, 6.45) is 0.152. The van der Waals surface area contributed by atoms with Crippen molar-refractivity contribution in [3.8, 4) is 17.2 Å². The Balaban J connectivity index is 2.34. The van der Waals surface area contributed by atoms with Gasteiger partial charge in [-0.3, -0.25) is 4.79 Å². The molecule has 0 saturated carbocycles. The van der Waals surface area contributed by atoms with E-state index in [1.54, 1.807) is 12.1 Å². The van der Waals surface area contributed by atoms with Gasteiger partial charge in [-0.1, -0.05) is 10.1 Å². The highest BCUT2D eigenvalue weighted by Gasteiger charge is 2.19. The van der Waals surface area contributed by atoms with Crippen molar-refractivity contribution in [3.05, 3.63) is 37.0 Å². The van der Waals surface area contributed by atoms with Gasteiger partial charge in [0.2, 0.25) is 0 Å². The molecule has 2 rings (SSSR count). The normalized spacial score (nSPS) is 12.0. The molecule has 0 bridgehead atoms. The summed E-state index contributed by atoms with van der Waals surface area (Å²) in [5, 5.41) is 42.9. The van der Waals surface area contributed by atoms with Gasteiger partial charge < -0.3 is 20.7 Å². The van der Waals surface area contributed by atoms with Gasteiger partial charge in [-0.2, -0.15) is 0 Å². The second kappa shape index (κ2) is 12.4. The lowest BCUT2D eigenvalue weighted by molar-refractivity contribution is -0.432. The number of carbonyl (C=O) groups is 1. The third-order valence-electron chi connectivity index (χ3n) is 3.37. The van der Waals surface area contributed by atoms with Crippen LogP contribution in [0.15, 0.2) is 34.1 Å². The third-order valence-corrected chi connectivity index (χ3v) is 6.21. The molecule has 0 heterocycles. The van der Waals surface area contributed by atoms with Crippen LogP contribution in [0.1, 0.15) is 5.56 Å². The first kappa shape index (κ1) is 25.6. The fourth-order valence-electron chi connectivity index (χ4n) is 2.13. The summed E-state index contributed by atoms with van der Waals surface area (Å²) < 4.78 is 16.0. The Labute approximate surface area is 205 Å². The molecular formula is C15H13I2NO10S2. The van der Waals surface area contributed by atoms with Crippen molar-refractivity contribution in [2.24, 2.45) is 5.73 Å². The molecule has 0 aliphatic rings. The van der Waals surface area contributed by atoms with Gasteiger partial charge in [0.15, 0.2) is 5.75 Å². The van der Waals surface area contributed by atoms with Crippen molar-refractivity contribution in [1.82, 2.24) is 0 Å². The first-order valence-corrected chi connectivity index (χ1v) is 11.2.